The van der Waals surface area contributed by atoms with Crippen molar-refractivity contribution in [1.82, 2.24) is 35.1 Å². The highest BCUT2D eigenvalue weighted by molar-refractivity contribution is 6.30. The van der Waals surface area contributed by atoms with Crippen LogP contribution in [-0.2, 0) is 0 Å². The van der Waals surface area contributed by atoms with Crippen LogP contribution in [0.3, 0.4) is 0 Å². The van der Waals surface area contributed by atoms with Gasteiger partial charge in [-0.2, -0.15) is 4.52 Å². The Morgan fingerprint density at radius 3 is 2.70 bits per heavy atom. The summed E-state index contributed by atoms with van der Waals surface area (Å²) in [4.78, 5) is 21.4. The Morgan fingerprint density at radius 1 is 1.05 bits per heavy atom. The molecular formula is C26H20ClN9O. The van der Waals surface area contributed by atoms with Gasteiger partial charge in [0.2, 0.25) is 0 Å². The summed E-state index contributed by atoms with van der Waals surface area (Å²) in [6.07, 6.45) is 1.43. The van der Waals surface area contributed by atoms with Crippen molar-refractivity contribution in [2.24, 2.45) is 0 Å². The second-order valence-electron chi connectivity index (χ2n) is 7.98. The SMILES string of the molecule is C[C@@H](NC(=O)c1nc(C#Cc2ccccc2)cnc1N)c1nnc2ccc(Nc3cccc(Cl)c3)nn12. The molecule has 2 aromatic carbocycles. The molecule has 5 aromatic rings. The Labute approximate surface area is 216 Å². The number of nitrogens with two attached hydrogens (primary N) is 1. The molecular weight excluding hydrogens is 490 g/mol. The number of carbonyl (C=O) groups excluding carboxylic acids is 1. The first-order valence-electron chi connectivity index (χ1n) is 11.2. The zero-order valence-electron chi connectivity index (χ0n) is 19.6. The van der Waals surface area contributed by atoms with Crippen LogP contribution in [0.15, 0.2) is 72.9 Å². The van der Waals surface area contributed by atoms with Gasteiger partial charge in [0.05, 0.1) is 12.2 Å². The zero-order valence-corrected chi connectivity index (χ0v) is 20.3. The maximum atomic E-state index is 13.0. The molecule has 1 atom stereocenters. The second kappa shape index (κ2) is 10.3. The molecule has 0 aliphatic rings. The molecule has 0 unspecified atom stereocenters. The van der Waals surface area contributed by atoms with Gasteiger partial charge in [0, 0.05) is 16.3 Å². The lowest BCUT2D eigenvalue weighted by atomic mass is 10.2. The van der Waals surface area contributed by atoms with Gasteiger partial charge in [0.15, 0.2) is 28.8 Å². The Hall–Kier alpha value is -5.01. The molecule has 11 heteroatoms. The highest BCUT2D eigenvalue weighted by Crippen LogP contribution is 2.20. The lowest BCUT2D eigenvalue weighted by molar-refractivity contribution is 0.0933. The van der Waals surface area contributed by atoms with Crippen LogP contribution in [0.4, 0.5) is 17.3 Å². The van der Waals surface area contributed by atoms with Gasteiger partial charge in [0.1, 0.15) is 5.69 Å². The molecule has 0 saturated carbocycles. The third-order valence-corrected chi connectivity index (χ3v) is 5.48. The number of halogens is 1. The summed E-state index contributed by atoms with van der Waals surface area (Å²) < 4.78 is 1.55. The molecule has 0 aliphatic heterocycles. The molecule has 0 fully saturated rings. The van der Waals surface area contributed by atoms with Crippen molar-refractivity contribution < 1.29 is 4.79 Å². The number of hydrogen-bond acceptors (Lipinski definition) is 8. The largest absolute Gasteiger partial charge is 0.382 e. The molecule has 3 aromatic heterocycles. The van der Waals surface area contributed by atoms with Gasteiger partial charge in [-0.1, -0.05) is 41.8 Å². The van der Waals surface area contributed by atoms with E-state index in [9.17, 15) is 4.79 Å². The van der Waals surface area contributed by atoms with Crippen LogP contribution in [0.5, 0.6) is 0 Å². The Kier molecular flexibility index (Phi) is 6.61. The van der Waals surface area contributed by atoms with Crippen molar-refractivity contribution in [3.05, 3.63) is 101 Å². The summed E-state index contributed by atoms with van der Waals surface area (Å²) in [5.41, 5.74) is 8.34. The molecule has 0 aliphatic carbocycles. The van der Waals surface area contributed by atoms with Crippen LogP contribution < -0.4 is 16.4 Å². The van der Waals surface area contributed by atoms with Crippen molar-refractivity contribution in [2.75, 3.05) is 11.1 Å². The monoisotopic (exact) mass is 509 g/mol. The number of nitrogens with zero attached hydrogens (tertiary/aromatic N) is 6. The van der Waals surface area contributed by atoms with Crippen molar-refractivity contribution >= 4 is 40.5 Å². The maximum Gasteiger partial charge on any atom is 0.274 e. The van der Waals surface area contributed by atoms with Crippen LogP contribution in [0, 0.1) is 11.8 Å². The summed E-state index contributed by atoms with van der Waals surface area (Å²) in [7, 11) is 0. The van der Waals surface area contributed by atoms with Gasteiger partial charge >= 0.3 is 0 Å². The number of anilines is 3. The average Bonchev–Trinajstić information content (AvgIpc) is 3.32. The van der Waals surface area contributed by atoms with E-state index in [1.165, 1.54) is 6.20 Å². The minimum absolute atomic E-state index is 0.00723. The minimum Gasteiger partial charge on any atom is -0.382 e. The van der Waals surface area contributed by atoms with E-state index < -0.39 is 11.9 Å². The number of amides is 1. The first-order valence-corrected chi connectivity index (χ1v) is 11.6. The fourth-order valence-electron chi connectivity index (χ4n) is 3.47. The number of fused-ring (bicyclic) bond motifs is 1. The van der Waals surface area contributed by atoms with Gasteiger partial charge < -0.3 is 16.4 Å². The van der Waals surface area contributed by atoms with Gasteiger partial charge in [-0.3, -0.25) is 4.79 Å². The third-order valence-electron chi connectivity index (χ3n) is 5.24. The first-order chi connectivity index (χ1) is 18.0. The summed E-state index contributed by atoms with van der Waals surface area (Å²) in [6.45, 7) is 1.76. The molecule has 0 bridgehead atoms. The van der Waals surface area contributed by atoms with E-state index in [0.29, 0.717) is 28.0 Å². The minimum atomic E-state index is -0.573. The van der Waals surface area contributed by atoms with Crippen LogP contribution >= 0.6 is 11.6 Å². The lowest BCUT2D eigenvalue weighted by Crippen LogP contribution is -2.30. The number of benzene rings is 2. The van der Waals surface area contributed by atoms with E-state index in [0.717, 1.165) is 11.3 Å². The fourth-order valence-corrected chi connectivity index (χ4v) is 3.66. The predicted octanol–water partition coefficient (Wildman–Crippen LogP) is 3.78. The predicted molar refractivity (Wildman–Crippen MR) is 140 cm³/mol. The third kappa shape index (κ3) is 5.47. The normalized spacial score (nSPS) is 11.4. The summed E-state index contributed by atoms with van der Waals surface area (Å²) in [5, 5.41) is 19.5. The van der Waals surface area contributed by atoms with Crippen molar-refractivity contribution in [2.45, 2.75) is 13.0 Å². The zero-order chi connectivity index (χ0) is 25.8. The Bertz CT molecular complexity index is 1660. The van der Waals surface area contributed by atoms with E-state index >= 15 is 0 Å². The Balaban J connectivity index is 1.35. The smallest absolute Gasteiger partial charge is 0.274 e. The first kappa shape index (κ1) is 23.7. The highest BCUT2D eigenvalue weighted by Gasteiger charge is 2.21. The number of rotatable bonds is 5. The van der Waals surface area contributed by atoms with Crippen LogP contribution in [0.25, 0.3) is 5.65 Å². The highest BCUT2D eigenvalue weighted by atomic mass is 35.5. The molecule has 0 saturated heterocycles. The number of carbonyl (C=O) groups is 1. The van der Waals surface area contributed by atoms with Crippen molar-refractivity contribution in [3.8, 4) is 11.8 Å². The van der Waals surface area contributed by atoms with E-state index in [1.807, 2.05) is 42.5 Å². The average molecular weight is 510 g/mol. The molecule has 0 spiro atoms. The number of hydrogen-bond donors (Lipinski definition) is 3. The van der Waals surface area contributed by atoms with E-state index in [1.54, 1.807) is 35.7 Å². The summed E-state index contributed by atoms with van der Waals surface area (Å²) >= 11 is 6.07. The molecule has 37 heavy (non-hydrogen) atoms. The van der Waals surface area contributed by atoms with E-state index in [-0.39, 0.29) is 11.5 Å². The maximum absolute atomic E-state index is 13.0. The van der Waals surface area contributed by atoms with E-state index in [4.69, 9.17) is 17.3 Å². The molecule has 3 heterocycles. The Morgan fingerprint density at radius 2 is 1.89 bits per heavy atom. The number of nitrogen functional groups attached to an aromatic ring is 1. The molecule has 182 valence electrons. The van der Waals surface area contributed by atoms with E-state index in [2.05, 4.69) is 47.7 Å². The quantitative estimate of drug-likeness (QED) is 0.304. The number of nitrogens with one attached hydrogen (secondary N) is 2. The van der Waals surface area contributed by atoms with Crippen LogP contribution in [-0.4, -0.2) is 35.7 Å². The molecule has 0 radical (unpaired) electrons. The molecule has 10 nitrogen and oxygen atoms in total. The lowest BCUT2D eigenvalue weighted by Gasteiger charge is -2.13. The van der Waals surface area contributed by atoms with Gasteiger partial charge in [0.25, 0.3) is 5.91 Å². The van der Waals surface area contributed by atoms with Gasteiger partial charge in [-0.25, -0.2) is 9.97 Å². The molecule has 1 amide bonds. The fraction of sp³-hybridized carbons (Fsp3) is 0.0769. The number of aromatic nitrogens is 6. The van der Waals surface area contributed by atoms with Crippen molar-refractivity contribution in [3.63, 3.8) is 0 Å². The van der Waals surface area contributed by atoms with Crippen LogP contribution in [0.2, 0.25) is 5.02 Å². The molecule has 4 N–H and O–H groups in total. The van der Waals surface area contributed by atoms with Crippen molar-refractivity contribution in [1.29, 1.82) is 0 Å². The van der Waals surface area contributed by atoms with Gasteiger partial charge in [-0.05, 0) is 55.3 Å². The summed E-state index contributed by atoms with van der Waals surface area (Å²) in [6, 6.07) is 19.7. The van der Waals surface area contributed by atoms with Crippen LogP contribution in [0.1, 0.15) is 40.5 Å². The topological polar surface area (TPSA) is 136 Å². The van der Waals surface area contributed by atoms with Gasteiger partial charge in [-0.15, -0.1) is 15.3 Å². The molecule has 5 rings (SSSR count). The standard InChI is InChI=1S/C26H20ClN9O/c1-16(25-34-33-22-13-12-21(35-36(22)25)31-19-9-5-8-18(27)14-19)30-26(37)23-24(28)29-15-20(32-23)11-10-17-6-3-2-4-7-17/h2-9,12-16H,1H3,(H2,28,29)(H,30,37)(H,31,35)/t16-/m1/s1. The second-order valence-corrected chi connectivity index (χ2v) is 8.42. The summed E-state index contributed by atoms with van der Waals surface area (Å²) in [5.74, 6) is 6.34.